The maximum Gasteiger partial charge on any atom is 0.230 e. The topological polar surface area (TPSA) is 55.6 Å². The minimum atomic E-state index is 0.169. The van der Waals surface area contributed by atoms with Gasteiger partial charge in [0.1, 0.15) is 5.75 Å². The second-order valence-electron chi connectivity index (χ2n) is 5.67. The first-order chi connectivity index (χ1) is 10.3. The Morgan fingerprint density at radius 1 is 1.33 bits per heavy atom. The molecule has 21 heavy (non-hydrogen) atoms. The molecule has 0 unspecified atom stereocenters. The van der Waals surface area contributed by atoms with Crippen LogP contribution in [-0.2, 0) is 4.79 Å². The Bertz CT molecular complexity index is 456. The van der Waals surface area contributed by atoms with Crippen LogP contribution >= 0.6 is 0 Å². The maximum atomic E-state index is 12.8. The number of nitrogens with zero attached hydrogens (tertiary/aromatic N) is 1. The van der Waals surface area contributed by atoms with Crippen molar-refractivity contribution in [3.05, 3.63) is 24.3 Å². The molecule has 1 aliphatic rings. The highest BCUT2D eigenvalue weighted by Gasteiger charge is 2.26. The Morgan fingerprint density at radius 3 is 2.76 bits per heavy atom. The normalized spacial score (nSPS) is 15.7. The molecular formula is C17H26N2O2. The third kappa shape index (κ3) is 4.21. The molecule has 116 valence electrons. The average molecular weight is 290 g/mol. The van der Waals surface area contributed by atoms with E-state index in [0.29, 0.717) is 13.1 Å². The van der Waals surface area contributed by atoms with Gasteiger partial charge in [-0.3, -0.25) is 4.79 Å². The fourth-order valence-corrected chi connectivity index (χ4v) is 2.96. The lowest BCUT2D eigenvalue weighted by molar-refractivity contribution is -0.123. The van der Waals surface area contributed by atoms with E-state index in [1.54, 1.807) is 7.11 Å². The van der Waals surface area contributed by atoms with Crippen LogP contribution in [0.2, 0.25) is 0 Å². The molecule has 1 aliphatic carbocycles. The number of ether oxygens (including phenoxy) is 1. The molecule has 0 radical (unpaired) electrons. The lowest BCUT2D eigenvalue weighted by atomic mass is 9.88. The molecule has 0 spiro atoms. The largest absolute Gasteiger partial charge is 0.497 e. The predicted molar refractivity (Wildman–Crippen MR) is 85.6 cm³/mol. The number of benzene rings is 1. The molecule has 1 fully saturated rings. The van der Waals surface area contributed by atoms with Gasteiger partial charge in [0.15, 0.2) is 0 Å². The van der Waals surface area contributed by atoms with Crippen LogP contribution in [0.15, 0.2) is 24.3 Å². The summed E-state index contributed by atoms with van der Waals surface area (Å²) in [7, 11) is 1.65. The number of rotatable bonds is 6. The molecule has 2 rings (SSSR count). The summed E-state index contributed by atoms with van der Waals surface area (Å²) >= 11 is 0. The number of methoxy groups -OCH3 is 1. The smallest absolute Gasteiger partial charge is 0.230 e. The van der Waals surface area contributed by atoms with Crippen molar-refractivity contribution in [2.45, 2.75) is 38.5 Å². The molecule has 4 heteroatoms. The van der Waals surface area contributed by atoms with Crippen LogP contribution < -0.4 is 15.4 Å². The van der Waals surface area contributed by atoms with Gasteiger partial charge in [-0.2, -0.15) is 0 Å². The van der Waals surface area contributed by atoms with Crippen molar-refractivity contribution in [3.63, 3.8) is 0 Å². The van der Waals surface area contributed by atoms with E-state index in [-0.39, 0.29) is 11.8 Å². The molecule has 1 aromatic carbocycles. The zero-order valence-electron chi connectivity index (χ0n) is 12.9. The van der Waals surface area contributed by atoms with E-state index < -0.39 is 0 Å². The van der Waals surface area contributed by atoms with Crippen LogP contribution in [0.1, 0.15) is 38.5 Å². The van der Waals surface area contributed by atoms with Crippen molar-refractivity contribution in [1.29, 1.82) is 0 Å². The molecule has 0 atom stereocenters. The molecule has 0 heterocycles. The average Bonchev–Trinajstić information content (AvgIpc) is 2.56. The monoisotopic (exact) mass is 290 g/mol. The minimum Gasteiger partial charge on any atom is -0.497 e. The molecule has 0 bridgehead atoms. The Balaban J connectivity index is 2.17. The first-order valence-corrected chi connectivity index (χ1v) is 7.91. The van der Waals surface area contributed by atoms with Crippen molar-refractivity contribution in [1.82, 2.24) is 0 Å². The van der Waals surface area contributed by atoms with Crippen molar-refractivity contribution in [3.8, 4) is 5.75 Å². The highest BCUT2D eigenvalue weighted by Crippen LogP contribution is 2.29. The van der Waals surface area contributed by atoms with Gasteiger partial charge in [-0.25, -0.2) is 0 Å². The van der Waals surface area contributed by atoms with Crippen molar-refractivity contribution in [2.24, 2.45) is 11.7 Å². The van der Waals surface area contributed by atoms with Gasteiger partial charge in [-0.15, -0.1) is 0 Å². The fraction of sp³-hybridized carbons (Fsp3) is 0.588. The SMILES string of the molecule is COc1cccc(N(CCCN)C(=O)C2CCCCC2)c1. The van der Waals surface area contributed by atoms with Crippen LogP contribution in [0.4, 0.5) is 5.69 Å². The van der Waals surface area contributed by atoms with Gasteiger partial charge in [0.05, 0.1) is 7.11 Å². The zero-order chi connectivity index (χ0) is 15.1. The van der Waals surface area contributed by atoms with Crippen LogP contribution in [0.3, 0.4) is 0 Å². The van der Waals surface area contributed by atoms with Gasteiger partial charge in [0.25, 0.3) is 0 Å². The number of anilines is 1. The highest BCUT2D eigenvalue weighted by atomic mass is 16.5. The molecule has 4 nitrogen and oxygen atoms in total. The van der Waals surface area contributed by atoms with Gasteiger partial charge in [0, 0.05) is 24.2 Å². The summed E-state index contributed by atoms with van der Waals surface area (Å²) in [5, 5.41) is 0. The third-order valence-electron chi connectivity index (χ3n) is 4.17. The van der Waals surface area contributed by atoms with E-state index in [0.717, 1.165) is 30.7 Å². The molecule has 2 N–H and O–H groups in total. The number of nitrogens with two attached hydrogens (primary N) is 1. The second-order valence-corrected chi connectivity index (χ2v) is 5.67. The number of hydrogen-bond donors (Lipinski definition) is 1. The Labute approximate surface area is 127 Å². The van der Waals surface area contributed by atoms with E-state index in [9.17, 15) is 4.79 Å². The molecule has 0 aliphatic heterocycles. The summed E-state index contributed by atoms with van der Waals surface area (Å²) in [6, 6.07) is 7.73. The molecule has 0 saturated heterocycles. The standard InChI is InChI=1S/C17H26N2O2/c1-21-16-10-5-9-15(13-16)19(12-6-11-18)17(20)14-7-3-2-4-8-14/h5,9-10,13-14H,2-4,6-8,11-12,18H2,1H3. The Morgan fingerprint density at radius 2 is 2.10 bits per heavy atom. The van der Waals surface area contributed by atoms with Crippen LogP contribution in [0.25, 0.3) is 0 Å². The number of carbonyl (C=O) groups is 1. The fourth-order valence-electron chi connectivity index (χ4n) is 2.96. The van der Waals surface area contributed by atoms with Crippen LogP contribution in [0, 0.1) is 5.92 Å². The first kappa shape index (κ1) is 15.8. The van der Waals surface area contributed by atoms with Gasteiger partial charge < -0.3 is 15.4 Å². The summed E-state index contributed by atoms with van der Waals surface area (Å²) in [5.41, 5.74) is 6.54. The van der Waals surface area contributed by atoms with Crippen molar-refractivity contribution in [2.75, 3.05) is 25.1 Å². The van der Waals surface area contributed by atoms with E-state index >= 15 is 0 Å². The van der Waals surface area contributed by atoms with Gasteiger partial charge in [-0.1, -0.05) is 25.3 Å². The van der Waals surface area contributed by atoms with E-state index in [1.807, 2.05) is 29.2 Å². The second kappa shape index (κ2) is 8.03. The van der Waals surface area contributed by atoms with Gasteiger partial charge >= 0.3 is 0 Å². The molecule has 1 saturated carbocycles. The molecule has 0 aromatic heterocycles. The minimum absolute atomic E-state index is 0.169. The number of hydrogen-bond acceptors (Lipinski definition) is 3. The van der Waals surface area contributed by atoms with Crippen LogP contribution in [0.5, 0.6) is 5.75 Å². The first-order valence-electron chi connectivity index (χ1n) is 7.91. The summed E-state index contributed by atoms with van der Waals surface area (Å²) in [6.45, 7) is 1.28. The molecule has 1 amide bonds. The van der Waals surface area contributed by atoms with E-state index in [1.165, 1.54) is 19.3 Å². The predicted octanol–water partition coefficient (Wildman–Crippen LogP) is 2.96. The van der Waals surface area contributed by atoms with Crippen molar-refractivity contribution < 1.29 is 9.53 Å². The van der Waals surface area contributed by atoms with Crippen LogP contribution in [-0.4, -0.2) is 26.1 Å². The maximum absolute atomic E-state index is 12.8. The van der Waals surface area contributed by atoms with Gasteiger partial charge in [0.2, 0.25) is 5.91 Å². The third-order valence-corrected chi connectivity index (χ3v) is 4.17. The summed E-state index contributed by atoms with van der Waals surface area (Å²) in [4.78, 5) is 14.7. The lowest BCUT2D eigenvalue weighted by Gasteiger charge is -2.29. The quantitative estimate of drug-likeness (QED) is 0.876. The van der Waals surface area contributed by atoms with Gasteiger partial charge in [-0.05, 0) is 37.9 Å². The zero-order valence-corrected chi connectivity index (χ0v) is 12.9. The molecule has 1 aromatic rings. The number of carbonyl (C=O) groups excluding carboxylic acids is 1. The number of amides is 1. The highest BCUT2D eigenvalue weighted by molar-refractivity contribution is 5.95. The Hall–Kier alpha value is -1.55. The molecular weight excluding hydrogens is 264 g/mol. The summed E-state index contributed by atoms with van der Waals surface area (Å²) in [6.07, 6.45) is 6.43. The van der Waals surface area contributed by atoms with Crippen molar-refractivity contribution >= 4 is 11.6 Å². The lowest BCUT2D eigenvalue weighted by Crippen LogP contribution is -2.38. The summed E-state index contributed by atoms with van der Waals surface area (Å²) in [5.74, 6) is 1.20. The Kier molecular flexibility index (Phi) is 6.05. The van der Waals surface area contributed by atoms with E-state index in [4.69, 9.17) is 10.5 Å². The van der Waals surface area contributed by atoms with E-state index in [2.05, 4.69) is 0 Å². The summed E-state index contributed by atoms with van der Waals surface area (Å²) < 4.78 is 5.27.